The Bertz CT molecular complexity index is 557. The number of hydrogen-bond acceptors (Lipinski definition) is 1. The van der Waals surface area contributed by atoms with Crippen LogP contribution in [0.5, 0.6) is 0 Å². The summed E-state index contributed by atoms with van der Waals surface area (Å²) in [5, 5.41) is 0. The molecule has 2 saturated carbocycles. The predicted molar refractivity (Wildman–Crippen MR) is 99.3 cm³/mol. The molecule has 0 bridgehead atoms. The lowest BCUT2D eigenvalue weighted by atomic mass is 9.76. The fourth-order valence-electron chi connectivity index (χ4n) is 4.26. The summed E-state index contributed by atoms with van der Waals surface area (Å²) in [5.74, 6) is -0.941. The zero-order valence-corrected chi connectivity index (χ0v) is 15.3. The molecule has 0 heterocycles. The maximum absolute atomic E-state index is 14.9. The standard InChI is InChI=1S/C22H30F2O/c1-4-16-6-12-19(13-7-16)20(5-2)22(24)21(23)15(3)18-10-8-17(14-25)9-11-18/h4-5,14,16-19H,1,3,6-13H2,2H3/b20-5-,22-21-. The Balaban J connectivity index is 2.06. The van der Waals surface area contributed by atoms with Crippen molar-refractivity contribution in [2.45, 2.75) is 58.3 Å². The highest BCUT2D eigenvalue weighted by atomic mass is 19.2. The Kier molecular flexibility index (Phi) is 7.34. The molecular weight excluding hydrogens is 318 g/mol. The molecular formula is C22H30F2O. The minimum Gasteiger partial charge on any atom is -0.303 e. The topological polar surface area (TPSA) is 17.1 Å². The van der Waals surface area contributed by atoms with Crippen LogP contribution in [0.3, 0.4) is 0 Å². The van der Waals surface area contributed by atoms with Gasteiger partial charge in [0, 0.05) is 5.92 Å². The van der Waals surface area contributed by atoms with E-state index in [1.54, 1.807) is 13.0 Å². The van der Waals surface area contributed by atoms with Crippen molar-refractivity contribution in [2.75, 3.05) is 0 Å². The van der Waals surface area contributed by atoms with E-state index in [2.05, 4.69) is 13.2 Å². The minimum absolute atomic E-state index is 0.0587. The third-order valence-corrected chi connectivity index (χ3v) is 6.04. The van der Waals surface area contributed by atoms with Crippen LogP contribution < -0.4 is 0 Å². The van der Waals surface area contributed by atoms with E-state index in [0.29, 0.717) is 24.3 Å². The van der Waals surface area contributed by atoms with E-state index >= 15 is 0 Å². The Morgan fingerprint density at radius 1 is 0.880 bits per heavy atom. The second kappa shape index (κ2) is 9.26. The van der Waals surface area contributed by atoms with Crippen molar-refractivity contribution in [1.29, 1.82) is 0 Å². The molecule has 0 saturated heterocycles. The number of aldehydes is 1. The summed E-state index contributed by atoms with van der Waals surface area (Å²) in [6.45, 7) is 9.45. The molecule has 0 unspecified atom stereocenters. The van der Waals surface area contributed by atoms with Crippen LogP contribution in [-0.4, -0.2) is 6.29 Å². The van der Waals surface area contributed by atoms with Crippen molar-refractivity contribution < 1.29 is 13.6 Å². The summed E-state index contributed by atoms with van der Waals surface area (Å²) in [6.07, 6.45) is 11.3. The van der Waals surface area contributed by atoms with Crippen LogP contribution >= 0.6 is 0 Å². The summed E-state index contributed by atoms with van der Waals surface area (Å²) in [4.78, 5) is 10.8. The van der Waals surface area contributed by atoms with Gasteiger partial charge in [-0.25, -0.2) is 8.78 Å². The summed E-state index contributed by atoms with van der Waals surface area (Å²) in [6, 6.07) is 0. The first-order valence-corrected chi connectivity index (χ1v) is 9.50. The Hall–Kier alpha value is -1.51. The lowest BCUT2D eigenvalue weighted by molar-refractivity contribution is -0.112. The normalized spacial score (nSPS) is 31.9. The highest BCUT2D eigenvalue weighted by Gasteiger charge is 2.29. The first-order valence-electron chi connectivity index (χ1n) is 9.50. The van der Waals surface area contributed by atoms with Gasteiger partial charge in [-0.1, -0.05) is 18.7 Å². The highest BCUT2D eigenvalue weighted by Crippen LogP contribution is 2.41. The van der Waals surface area contributed by atoms with Gasteiger partial charge in [-0.2, -0.15) is 0 Å². The zero-order valence-electron chi connectivity index (χ0n) is 15.3. The minimum atomic E-state index is -0.784. The molecule has 0 atom stereocenters. The van der Waals surface area contributed by atoms with Gasteiger partial charge in [0.05, 0.1) is 0 Å². The molecule has 0 aromatic carbocycles. The van der Waals surface area contributed by atoms with Crippen molar-refractivity contribution in [2.24, 2.45) is 23.7 Å². The molecule has 0 N–H and O–H groups in total. The number of carbonyl (C=O) groups is 1. The Morgan fingerprint density at radius 2 is 1.40 bits per heavy atom. The first kappa shape index (κ1) is 19.8. The van der Waals surface area contributed by atoms with Crippen LogP contribution in [-0.2, 0) is 4.79 Å². The molecule has 2 fully saturated rings. The van der Waals surface area contributed by atoms with Crippen molar-refractivity contribution in [1.82, 2.24) is 0 Å². The molecule has 2 aliphatic rings. The smallest absolute Gasteiger partial charge is 0.162 e. The highest BCUT2D eigenvalue weighted by molar-refractivity contribution is 5.53. The SMILES string of the molecule is C=CC1CCC(C(=C/C)/C(F)=C(/F)C(=C)C2CCC(C=O)CC2)CC1. The van der Waals surface area contributed by atoms with Crippen molar-refractivity contribution in [3.05, 3.63) is 48.1 Å². The van der Waals surface area contributed by atoms with Crippen LogP contribution in [0.1, 0.15) is 58.3 Å². The van der Waals surface area contributed by atoms with Gasteiger partial charge < -0.3 is 4.79 Å². The average molecular weight is 348 g/mol. The average Bonchev–Trinajstić information content (AvgIpc) is 2.67. The number of carbonyl (C=O) groups excluding carboxylic acids is 1. The summed E-state index contributed by atoms with van der Waals surface area (Å²) < 4.78 is 29.6. The van der Waals surface area contributed by atoms with Gasteiger partial charge in [-0.15, -0.1) is 6.58 Å². The van der Waals surface area contributed by atoms with Gasteiger partial charge in [0.15, 0.2) is 11.7 Å². The van der Waals surface area contributed by atoms with Gasteiger partial charge in [0.2, 0.25) is 0 Å². The second-order valence-electron chi connectivity index (χ2n) is 7.49. The predicted octanol–water partition coefficient (Wildman–Crippen LogP) is 6.64. The lowest BCUT2D eigenvalue weighted by Crippen LogP contribution is -2.18. The largest absolute Gasteiger partial charge is 0.303 e. The maximum Gasteiger partial charge on any atom is 0.162 e. The Morgan fingerprint density at radius 3 is 1.88 bits per heavy atom. The van der Waals surface area contributed by atoms with E-state index in [-0.39, 0.29) is 23.3 Å². The van der Waals surface area contributed by atoms with Crippen LogP contribution in [0.2, 0.25) is 0 Å². The van der Waals surface area contributed by atoms with Gasteiger partial charge in [0.25, 0.3) is 0 Å². The quantitative estimate of drug-likeness (QED) is 0.299. The fourth-order valence-corrected chi connectivity index (χ4v) is 4.26. The van der Waals surface area contributed by atoms with Crippen molar-refractivity contribution in [3.63, 3.8) is 0 Å². The van der Waals surface area contributed by atoms with Gasteiger partial charge in [0.1, 0.15) is 6.29 Å². The molecule has 0 aromatic rings. The summed E-state index contributed by atoms with van der Waals surface area (Å²) in [7, 11) is 0. The van der Waals surface area contributed by atoms with Crippen molar-refractivity contribution >= 4 is 6.29 Å². The van der Waals surface area contributed by atoms with E-state index in [0.717, 1.165) is 44.8 Å². The molecule has 0 aliphatic heterocycles. The van der Waals surface area contributed by atoms with E-state index < -0.39 is 11.7 Å². The first-order chi connectivity index (χ1) is 12.0. The van der Waals surface area contributed by atoms with Crippen LogP contribution in [0.4, 0.5) is 8.78 Å². The number of rotatable bonds is 6. The van der Waals surface area contributed by atoms with Crippen LogP contribution in [0.25, 0.3) is 0 Å². The third-order valence-electron chi connectivity index (χ3n) is 6.04. The molecule has 3 heteroatoms. The lowest BCUT2D eigenvalue weighted by Gasteiger charge is -2.29. The molecule has 0 radical (unpaired) electrons. The molecule has 0 spiro atoms. The zero-order chi connectivity index (χ0) is 18.4. The Labute approximate surface area is 150 Å². The van der Waals surface area contributed by atoms with E-state index in [1.165, 1.54) is 0 Å². The molecule has 2 rings (SSSR count). The molecule has 0 amide bonds. The molecule has 1 nitrogen and oxygen atoms in total. The monoisotopic (exact) mass is 348 g/mol. The molecule has 138 valence electrons. The van der Waals surface area contributed by atoms with Gasteiger partial charge in [-0.3, -0.25) is 0 Å². The molecule has 0 aromatic heterocycles. The summed E-state index contributed by atoms with van der Waals surface area (Å²) >= 11 is 0. The number of halogens is 2. The molecule has 25 heavy (non-hydrogen) atoms. The van der Waals surface area contributed by atoms with Gasteiger partial charge in [-0.05, 0) is 87.2 Å². The van der Waals surface area contributed by atoms with Gasteiger partial charge >= 0.3 is 0 Å². The molecule has 2 aliphatic carbocycles. The van der Waals surface area contributed by atoms with E-state index in [9.17, 15) is 13.6 Å². The maximum atomic E-state index is 14.9. The van der Waals surface area contributed by atoms with Crippen LogP contribution in [0.15, 0.2) is 48.1 Å². The number of allylic oxidation sites excluding steroid dienone is 6. The number of hydrogen-bond donors (Lipinski definition) is 0. The fraction of sp³-hybridized carbons (Fsp3) is 0.591. The third kappa shape index (κ3) is 4.77. The van der Waals surface area contributed by atoms with Crippen molar-refractivity contribution in [3.8, 4) is 0 Å². The van der Waals surface area contributed by atoms with E-state index in [1.807, 2.05) is 6.08 Å². The van der Waals surface area contributed by atoms with Crippen LogP contribution in [0, 0.1) is 23.7 Å². The summed E-state index contributed by atoms with van der Waals surface area (Å²) in [5.41, 5.74) is 0.753. The van der Waals surface area contributed by atoms with E-state index in [4.69, 9.17) is 0 Å². The second-order valence-corrected chi connectivity index (χ2v) is 7.49.